The topological polar surface area (TPSA) is 58.1 Å². The third kappa shape index (κ3) is 3.99. The van der Waals surface area contributed by atoms with E-state index < -0.39 is 0 Å². The summed E-state index contributed by atoms with van der Waals surface area (Å²) in [6, 6.07) is 8.80. The molecular weight excluding hydrogens is 320 g/mol. The summed E-state index contributed by atoms with van der Waals surface area (Å²) in [4.78, 5) is 15.4. The van der Waals surface area contributed by atoms with E-state index in [2.05, 4.69) is 38.9 Å². The van der Waals surface area contributed by atoms with Crippen LogP contribution in [0.1, 0.15) is 54.0 Å². The van der Waals surface area contributed by atoms with Gasteiger partial charge in [-0.05, 0) is 62.0 Å². The Kier molecular flexibility index (Phi) is 5.58. The molecule has 0 aliphatic carbocycles. The lowest BCUT2D eigenvalue weighted by Crippen LogP contribution is -2.36. The van der Waals surface area contributed by atoms with E-state index in [9.17, 15) is 4.79 Å². The van der Waals surface area contributed by atoms with Crippen molar-refractivity contribution in [3.8, 4) is 0 Å². The molecule has 2 aromatic rings. The maximum atomic E-state index is 12.3. The maximum absolute atomic E-state index is 12.3. The van der Waals surface area contributed by atoms with Crippen LogP contribution in [0.3, 0.4) is 0 Å². The van der Waals surface area contributed by atoms with Gasteiger partial charge in [0, 0.05) is 18.3 Å². The first kappa shape index (κ1) is 17.0. The van der Waals surface area contributed by atoms with Gasteiger partial charge in [0.1, 0.15) is 4.88 Å². The van der Waals surface area contributed by atoms with E-state index in [4.69, 9.17) is 0 Å². The van der Waals surface area contributed by atoms with Crippen LogP contribution in [0, 0.1) is 0 Å². The van der Waals surface area contributed by atoms with Crippen molar-refractivity contribution in [1.29, 1.82) is 0 Å². The number of benzene rings is 1. The lowest BCUT2D eigenvalue weighted by molar-refractivity contribution is 0.102. The van der Waals surface area contributed by atoms with Crippen LogP contribution in [0.25, 0.3) is 0 Å². The van der Waals surface area contributed by atoms with Crippen molar-refractivity contribution in [2.45, 2.75) is 52.1 Å². The van der Waals surface area contributed by atoms with Gasteiger partial charge in [-0.1, -0.05) is 30.0 Å². The molecule has 2 heterocycles. The number of anilines is 1. The lowest BCUT2D eigenvalue weighted by Gasteiger charge is -2.33. The molecular formula is C18H24N4OS. The molecule has 24 heavy (non-hydrogen) atoms. The number of piperidine rings is 1. The molecule has 128 valence electrons. The summed E-state index contributed by atoms with van der Waals surface area (Å²) in [5, 5.41) is 6.92. The highest BCUT2D eigenvalue weighted by molar-refractivity contribution is 7.08. The first-order valence-corrected chi connectivity index (χ1v) is 9.40. The van der Waals surface area contributed by atoms with Crippen molar-refractivity contribution in [3.63, 3.8) is 0 Å². The highest BCUT2D eigenvalue weighted by Gasteiger charge is 2.18. The SMILES string of the molecule is CCc1nnsc1C(=O)Nc1ccc(CN2CCCCC2C)cc1. The van der Waals surface area contributed by atoms with E-state index in [1.54, 1.807) is 0 Å². The summed E-state index contributed by atoms with van der Waals surface area (Å²) in [5.74, 6) is -0.126. The third-order valence-electron chi connectivity index (χ3n) is 4.63. The Morgan fingerprint density at radius 1 is 1.33 bits per heavy atom. The molecule has 0 radical (unpaired) electrons. The molecule has 1 saturated heterocycles. The van der Waals surface area contributed by atoms with E-state index in [-0.39, 0.29) is 5.91 Å². The van der Waals surface area contributed by atoms with Crippen molar-refractivity contribution in [3.05, 3.63) is 40.4 Å². The Morgan fingerprint density at radius 2 is 2.12 bits per heavy atom. The number of aryl methyl sites for hydroxylation is 1. The largest absolute Gasteiger partial charge is 0.321 e. The Labute approximate surface area is 147 Å². The predicted octanol–water partition coefficient (Wildman–Crippen LogP) is 3.73. The van der Waals surface area contributed by atoms with Gasteiger partial charge >= 0.3 is 0 Å². The van der Waals surface area contributed by atoms with Gasteiger partial charge in [-0.2, -0.15) is 0 Å². The molecule has 0 saturated carbocycles. The minimum Gasteiger partial charge on any atom is -0.321 e. The normalized spacial score (nSPS) is 18.5. The Morgan fingerprint density at radius 3 is 2.83 bits per heavy atom. The van der Waals surface area contributed by atoms with Crippen LogP contribution in [0.15, 0.2) is 24.3 Å². The van der Waals surface area contributed by atoms with Crippen LogP contribution in [0.4, 0.5) is 5.69 Å². The van der Waals surface area contributed by atoms with Crippen LogP contribution < -0.4 is 5.32 Å². The number of amides is 1. The highest BCUT2D eigenvalue weighted by atomic mass is 32.1. The van der Waals surface area contributed by atoms with E-state index in [1.165, 1.54) is 31.4 Å². The maximum Gasteiger partial charge on any atom is 0.269 e. The average Bonchev–Trinajstić information content (AvgIpc) is 3.07. The second kappa shape index (κ2) is 7.85. The number of aromatic nitrogens is 2. The Balaban J connectivity index is 1.61. The number of hydrogen-bond acceptors (Lipinski definition) is 5. The molecule has 1 N–H and O–H groups in total. The monoisotopic (exact) mass is 344 g/mol. The molecule has 1 unspecified atom stereocenters. The molecule has 1 fully saturated rings. The van der Waals surface area contributed by atoms with Crippen LogP contribution in [0.2, 0.25) is 0 Å². The van der Waals surface area contributed by atoms with E-state index >= 15 is 0 Å². The van der Waals surface area contributed by atoms with Gasteiger partial charge in [0.2, 0.25) is 0 Å². The second-order valence-corrected chi connectivity index (χ2v) is 7.12. The van der Waals surface area contributed by atoms with Crippen LogP contribution in [0.5, 0.6) is 0 Å². The number of likely N-dealkylation sites (tertiary alicyclic amines) is 1. The molecule has 5 nitrogen and oxygen atoms in total. The van der Waals surface area contributed by atoms with Crippen LogP contribution >= 0.6 is 11.5 Å². The van der Waals surface area contributed by atoms with Gasteiger partial charge in [0.25, 0.3) is 5.91 Å². The van der Waals surface area contributed by atoms with Crippen LogP contribution in [-0.2, 0) is 13.0 Å². The average molecular weight is 344 g/mol. The molecule has 0 bridgehead atoms. The van der Waals surface area contributed by atoms with E-state index in [1.807, 2.05) is 19.1 Å². The number of nitrogens with one attached hydrogen (secondary N) is 1. The van der Waals surface area contributed by atoms with Gasteiger partial charge in [-0.3, -0.25) is 9.69 Å². The van der Waals surface area contributed by atoms with Gasteiger partial charge in [-0.25, -0.2) is 0 Å². The molecule has 1 aromatic heterocycles. The molecule has 1 atom stereocenters. The van der Waals surface area contributed by atoms with Crippen molar-refractivity contribution in [2.24, 2.45) is 0 Å². The molecule has 3 rings (SSSR count). The van der Waals surface area contributed by atoms with E-state index in [0.717, 1.165) is 29.5 Å². The molecule has 1 aromatic carbocycles. The highest BCUT2D eigenvalue weighted by Crippen LogP contribution is 2.20. The number of carbonyl (C=O) groups excluding carboxylic acids is 1. The number of rotatable bonds is 5. The van der Waals surface area contributed by atoms with Gasteiger partial charge < -0.3 is 5.32 Å². The fraction of sp³-hybridized carbons (Fsp3) is 0.500. The first-order valence-electron chi connectivity index (χ1n) is 8.63. The summed E-state index contributed by atoms with van der Waals surface area (Å²) >= 11 is 1.15. The molecule has 1 amide bonds. The summed E-state index contributed by atoms with van der Waals surface area (Å²) in [6.07, 6.45) is 4.64. The first-order chi connectivity index (χ1) is 11.7. The summed E-state index contributed by atoms with van der Waals surface area (Å²) in [7, 11) is 0. The zero-order valence-electron chi connectivity index (χ0n) is 14.3. The van der Waals surface area contributed by atoms with E-state index in [0.29, 0.717) is 17.3 Å². The zero-order chi connectivity index (χ0) is 16.9. The summed E-state index contributed by atoms with van der Waals surface area (Å²) in [5.41, 5.74) is 2.86. The molecule has 0 spiro atoms. The number of nitrogens with zero attached hydrogens (tertiary/aromatic N) is 3. The molecule has 1 aliphatic heterocycles. The second-order valence-electron chi connectivity index (χ2n) is 6.37. The minimum absolute atomic E-state index is 0.126. The van der Waals surface area contributed by atoms with Crippen LogP contribution in [-0.4, -0.2) is 33.0 Å². The lowest BCUT2D eigenvalue weighted by atomic mass is 10.0. The standard InChI is InChI=1S/C18H24N4OS/c1-3-16-17(24-21-20-16)18(23)19-15-9-7-14(8-10-15)12-22-11-5-4-6-13(22)2/h7-10,13H,3-6,11-12H2,1-2H3,(H,19,23). The number of hydrogen-bond donors (Lipinski definition) is 1. The Bertz CT molecular complexity index is 683. The summed E-state index contributed by atoms with van der Waals surface area (Å²) < 4.78 is 3.87. The van der Waals surface area contributed by atoms with Crippen molar-refractivity contribution >= 4 is 23.1 Å². The quantitative estimate of drug-likeness (QED) is 0.898. The van der Waals surface area contributed by atoms with Gasteiger partial charge in [-0.15, -0.1) is 5.10 Å². The fourth-order valence-electron chi connectivity index (χ4n) is 3.12. The molecule has 6 heteroatoms. The predicted molar refractivity (Wildman–Crippen MR) is 97.4 cm³/mol. The minimum atomic E-state index is -0.126. The summed E-state index contributed by atoms with van der Waals surface area (Å²) in [6.45, 7) is 6.44. The number of carbonyl (C=O) groups is 1. The zero-order valence-corrected chi connectivity index (χ0v) is 15.1. The van der Waals surface area contributed by atoms with Gasteiger partial charge in [0.05, 0.1) is 5.69 Å². The fourth-order valence-corrected chi connectivity index (χ4v) is 3.77. The third-order valence-corrected chi connectivity index (χ3v) is 5.40. The van der Waals surface area contributed by atoms with Crippen molar-refractivity contribution in [2.75, 3.05) is 11.9 Å². The molecule has 1 aliphatic rings. The van der Waals surface area contributed by atoms with Crippen molar-refractivity contribution in [1.82, 2.24) is 14.5 Å². The van der Waals surface area contributed by atoms with Gasteiger partial charge in [0.15, 0.2) is 0 Å². The van der Waals surface area contributed by atoms with Crippen molar-refractivity contribution < 1.29 is 4.79 Å². The Hall–Kier alpha value is -1.79. The smallest absolute Gasteiger partial charge is 0.269 e.